The van der Waals surface area contributed by atoms with E-state index in [0.29, 0.717) is 11.6 Å². The van der Waals surface area contributed by atoms with Gasteiger partial charge in [0.15, 0.2) is 5.69 Å². The SMILES string of the molecule is Oc1oc(-c2ccc(Br)cc2)nc1C=Nc1ccc2ccccc2c1. The first kappa shape index (κ1) is 15.6. The topological polar surface area (TPSA) is 58.6 Å². The van der Waals surface area contributed by atoms with Crippen LogP contribution in [0, 0.1) is 0 Å². The molecule has 0 aliphatic rings. The maximum Gasteiger partial charge on any atom is 0.312 e. The van der Waals surface area contributed by atoms with Crippen molar-refractivity contribution in [2.45, 2.75) is 0 Å². The number of aromatic hydroxyl groups is 1. The standard InChI is InChI=1S/C20H13BrN2O2/c21-16-8-5-14(6-9-16)19-23-18(20(24)25-19)12-22-17-10-7-13-3-1-2-4-15(13)11-17/h1-12,24H. The number of hydrogen-bond acceptors (Lipinski definition) is 4. The Balaban J connectivity index is 1.63. The third kappa shape index (κ3) is 3.32. The van der Waals surface area contributed by atoms with Crippen LogP contribution in [0.4, 0.5) is 5.69 Å². The van der Waals surface area contributed by atoms with E-state index in [-0.39, 0.29) is 5.95 Å². The molecule has 0 unspecified atom stereocenters. The number of nitrogens with zero attached hydrogens (tertiary/aromatic N) is 2. The van der Waals surface area contributed by atoms with Crippen LogP contribution >= 0.6 is 15.9 Å². The van der Waals surface area contributed by atoms with Crippen LogP contribution in [0.25, 0.3) is 22.2 Å². The molecule has 1 heterocycles. The van der Waals surface area contributed by atoms with Crippen molar-refractivity contribution >= 4 is 38.6 Å². The molecule has 4 aromatic rings. The maximum atomic E-state index is 9.97. The summed E-state index contributed by atoms with van der Waals surface area (Å²) < 4.78 is 6.30. The van der Waals surface area contributed by atoms with Gasteiger partial charge in [-0.3, -0.25) is 4.99 Å². The number of halogens is 1. The van der Waals surface area contributed by atoms with Gasteiger partial charge >= 0.3 is 5.95 Å². The summed E-state index contributed by atoms with van der Waals surface area (Å²) >= 11 is 3.38. The molecule has 0 saturated heterocycles. The van der Waals surface area contributed by atoms with Gasteiger partial charge in [-0.15, -0.1) is 0 Å². The van der Waals surface area contributed by atoms with Gasteiger partial charge in [0, 0.05) is 10.0 Å². The van der Waals surface area contributed by atoms with Crippen LogP contribution in [0.1, 0.15) is 5.69 Å². The lowest BCUT2D eigenvalue weighted by Gasteiger charge is -1.98. The normalized spacial score (nSPS) is 11.4. The summed E-state index contributed by atoms with van der Waals surface area (Å²) in [6, 6.07) is 21.5. The van der Waals surface area contributed by atoms with Gasteiger partial charge in [-0.05, 0) is 47.2 Å². The minimum atomic E-state index is -0.248. The monoisotopic (exact) mass is 392 g/mol. The summed E-state index contributed by atoms with van der Waals surface area (Å²) in [5.41, 5.74) is 1.86. The second-order valence-electron chi connectivity index (χ2n) is 5.51. The summed E-state index contributed by atoms with van der Waals surface area (Å²) in [5.74, 6) is 0.104. The van der Waals surface area contributed by atoms with Crippen molar-refractivity contribution in [1.29, 1.82) is 0 Å². The highest BCUT2D eigenvalue weighted by molar-refractivity contribution is 9.10. The third-order valence-electron chi connectivity index (χ3n) is 3.79. The van der Waals surface area contributed by atoms with E-state index in [1.807, 2.05) is 60.7 Å². The molecule has 1 N–H and O–H groups in total. The first-order valence-electron chi connectivity index (χ1n) is 7.68. The predicted molar refractivity (Wildman–Crippen MR) is 103 cm³/mol. The van der Waals surface area contributed by atoms with Crippen molar-refractivity contribution in [2.75, 3.05) is 0 Å². The lowest BCUT2D eigenvalue weighted by molar-refractivity contribution is 0.337. The van der Waals surface area contributed by atoms with Gasteiger partial charge in [-0.25, -0.2) is 4.98 Å². The summed E-state index contributed by atoms with van der Waals surface area (Å²) in [6.07, 6.45) is 1.51. The molecule has 0 aliphatic heterocycles. The molecule has 122 valence electrons. The second-order valence-corrected chi connectivity index (χ2v) is 6.42. The average molecular weight is 393 g/mol. The fourth-order valence-electron chi connectivity index (χ4n) is 2.52. The molecule has 25 heavy (non-hydrogen) atoms. The van der Waals surface area contributed by atoms with E-state index in [1.165, 1.54) is 6.21 Å². The molecule has 0 fully saturated rings. The highest BCUT2D eigenvalue weighted by atomic mass is 79.9. The van der Waals surface area contributed by atoms with Gasteiger partial charge in [0.05, 0.1) is 11.9 Å². The van der Waals surface area contributed by atoms with Crippen molar-refractivity contribution < 1.29 is 9.52 Å². The fourth-order valence-corrected chi connectivity index (χ4v) is 2.78. The first-order valence-corrected chi connectivity index (χ1v) is 8.47. The van der Waals surface area contributed by atoms with Gasteiger partial charge in [0.2, 0.25) is 5.89 Å². The molecule has 0 spiro atoms. The molecule has 5 heteroatoms. The summed E-state index contributed by atoms with van der Waals surface area (Å²) in [6.45, 7) is 0. The van der Waals surface area contributed by atoms with E-state index in [0.717, 1.165) is 26.5 Å². The number of benzene rings is 3. The zero-order valence-corrected chi connectivity index (χ0v) is 14.6. The van der Waals surface area contributed by atoms with Crippen molar-refractivity contribution in [1.82, 2.24) is 4.98 Å². The lowest BCUT2D eigenvalue weighted by Crippen LogP contribution is -1.83. The van der Waals surface area contributed by atoms with Crippen molar-refractivity contribution in [3.05, 3.63) is 76.9 Å². The van der Waals surface area contributed by atoms with E-state index >= 15 is 0 Å². The van der Waals surface area contributed by atoms with Crippen LogP contribution in [0.15, 0.2) is 80.6 Å². The largest absolute Gasteiger partial charge is 0.479 e. The van der Waals surface area contributed by atoms with Crippen molar-refractivity contribution in [2.24, 2.45) is 4.99 Å². The Morgan fingerprint density at radius 1 is 0.960 bits per heavy atom. The predicted octanol–water partition coefficient (Wildman–Crippen LogP) is 5.71. The molecule has 1 aromatic heterocycles. The third-order valence-corrected chi connectivity index (χ3v) is 4.32. The summed E-state index contributed by atoms with van der Waals surface area (Å²) in [7, 11) is 0. The molecule has 0 bridgehead atoms. The summed E-state index contributed by atoms with van der Waals surface area (Å²) in [5, 5.41) is 12.2. The first-order chi connectivity index (χ1) is 12.2. The van der Waals surface area contributed by atoms with Crippen LogP contribution in [0.2, 0.25) is 0 Å². The van der Waals surface area contributed by atoms with Crippen LogP contribution in [0.3, 0.4) is 0 Å². The zero-order chi connectivity index (χ0) is 17.2. The van der Waals surface area contributed by atoms with E-state index in [4.69, 9.17) is 4.42 Å². The number of aromatic nitrogens is 1. The Labute approximate surface area is 152 Å². The number of aliphatic imine (C=N–C) groups is 1. The van der Waals surface area contributed by atoms with Crippen LogP contribution in [-0.2, 0) is 0 Å². The Morgan fingerprint density at radius 2 is 1.72 bits per heavy atom. The Morgan fingerprint density at radius 3 is 2.52 bits per heavy atom. The van der Waals surface area contributed by atoms with Gasteiger partial charge in [-0.1, -0.05) is 46.3 Å². The van der Waals surface area contributed by atoms with Gasteiger partial charge in [0.25, 0.3) is 0 Å². The smallest absolute Gasteiger partial charge is 0.312 e. The lowest BCUT2D eigenvalue weighted by atomic mass is 10.1. The highest BCUT2D eigenvalue weighted by Gasteiger charge is 2.12. The quantitative estimate of drug-likeness (QED) is 0.454. The van der Waals surface area contributed by atoms with Crippen molar-refractivity contribution in [3.8, 4) is 17.4 Å². The molecular weight excluding hydrogens is 380 g/mol. The van der Waals surface area contributed by atoms with E-state index < -0.39 is 0 Å². The molecule has 3 aromatic carbocycles. The number of rotatable bonds is 3. The van der Waals surface area contributed by atoms with Crippen LogP contribution in [0.5, 0.6) is 5.95 Å². The molecular formula is C20H13BrN2O2. The zero-order valence-electron chi connectivity index (χ0n) is 13.1. The number of oxazole rings is 1. The summed E-state index contributed by atoms with van der Waals surface area (Å²) in [4.78, 5) is 8.70. The Bertz CT molecular complexity index is 1070. The molecule has 0 amide bonds. The second kappa shape index (κ2) is 6.53. The van der Waals surface area contributed by atoms with Crippen molar-refractivity contribution in [3.63, 3.8) is 0 Å². The van der Waals surface area contributed by atoms with Gasteiger partial charge < -0.3 is 9.52 Å². The number of hydrogen-bond donors (Lipinski definition) is 1. The average Bonchev–Trinajstić information content (AvgIpc) is 3.01. The molecule has 0 atom stereocenters. The van der Waals surface area contributed by atoms with Crippen LogP contribution < -0.4 is 0 Å². The maximum absolute atomic E-state index is 9.97. The van der Waals surface area contributed by atoms with Gasteiger partial charge in [0.1, 0.15) is 0 Å². The molecule has 4 nitrogen and oxygen atoms in total. The fraction of sp³-hybridized carbons (Fsp3) is 0. The van der Waals surface area contributed by atoms with Crippen LogP contribution in [-0.4, -0.2) is 16.3 Å². The molecule has 4 rings (SSSR count). The highest BCUT2D eigenvalue weighted by Crippen LogP contribution is 2.27. The molecule has 0 radical (unpaired) electrons. The minimum absolute atomic E-state index is 0.248. The van der Waals surface area contributed by atoms with E-state index in [1.54, 1.807) is 0 Å². The molecule has 0 aliphatic carbocycles. The number of fused-ring (bicyclic) bond motifs is 1. The minimum Gasteiger partial charge on any atom is -0.479 e. The molecule has 0 saturated carbocycles. The van der Waals surface area contributed by atoms with Gasteiger partial charge in [-0.2, -0.15) is 0 Å². The van der Waals surface area contributed by atoms with E-state index in [2.05, 4.69) is 32.0 Å². The van der Waals surface area contributed by atoms with E-state index in [9.17, 15) is 5.11 Å². The Hall–Kier alpha value is -2.92. The Kier molecular flexibility index (Phi) is 4.07.